The molecule has 2 unspecified atom stereocenters. The molecule has 2 rings (SSSR count). The summed E-state index contributed by atoms with van der Waals surface area (Å²) in [5.41, 5.74) is 4.36. The van der Waals surface area contributed by atoms with E-state index in [0.29, 0.717) is 0 Å². The summed E-state index contributed by atoms with van der Waals surface area (Å²) in [6, 6.07) is -2.97. The molecule has 0 saturated carbocycles. The van der Waals surface area contributed by atoms with Crippen LogP contribution in [0.25, 0.3) is 0 Å². The van der Waals surface area contributed by atoms with E-state index in [2.05, 4.69) is 30.3 Å². The molecular formula is C13H16ClN6NaO9S2. The Labute approximate surface area is 211 Å². The minimum atomic E-state index is -4.99. The third kappa shape index (κ3) is 6.74. The summed E-state index contributed by atoms with van der Waals surface area (Å²) in [6.45, 7) is -0.728. The molecule has 1 aliphatic rings. The van der Waals surface area contributed by atoms with Crippen LogP contribution in [0.4, 0.5) is 9.93 Å². The zero-order valence-corrected chi connectivity index (χ0v) is 17.9. The van der Waals surface area contributed by atoms with Crippen LogP contribution in [0.1, 0.15) is 5.69 Å². The first-order valence-corrected chi connectivity index (χ1v) is 10.8. The third-order valence-electron chi connectivity index (χ3n) is 3.61. The fraction of sp³-hybridized carbons (Fsp3) is 0.385. The topological polar surface area (TPSA) is 220 Å². The second-order valence-electron chi connectivity index (χ2n) is 5.60. The first-order valence-electron chi connectivity index (χ1n) is 7.96. The van der Waals surface area contributed by atoms with Crippen LogP contribution in [-0.4, -0.2) is 113 Å². The van der Waals surface area contributed by atoms with Crippen LogP contribution in [0.5, 0.6) is 0 Å². The van der Waals surface area contributed by atoms with Gasteiger partial charge in [-0.25, -0.2) is 14.1 Å². The van der Waals surface area contributed by atoms with E-state index in [9.17, 15) is 27.6 Å². The molecule has 32 heavy (non-hydrogen) atoms. The van der Waals surface area contributed by atoms with Crippen molar-refractivity contribution in [2.75, 3.05) is 24.9 Å². The maximum absolute atomic E-state index is 12.6. The van der Waals surface area contributed by atoms with Gasteiger partial charge in [0.1, 0.15) is 37.4 Å². The monoisotopic (exact) mass is 522 g/mol. The number of nitrogens with two attached hydrogens (primary N) is 1. The molecule has 1 aliphatic heterocycles. The molecule has 0 aliphatic carbocycles. The van der Waals surface area contributed by atoms with Crippen LogP contribution in [0.3, 0.4) is 0 Å². The second kappa shape index (κ2) is 11.7. The van der Waals surface area contributed by atoms with E-state index in [-0.39, 0.29) is 50.6 Å². The molecule has 0 aromatic carbocycles. The van der Waals surface area contributed by atoms with Crippen LogP contribution in [0.15, 0.2) is 10.5 Å². The first kappa shape index (κ1) is 28.0. The van der Waals surface area contributed by atoms with Gasteiger partial charge >= 0.3 is 46.0 Å². The van der Waals surface area contributed by atoms with Gasteiger partial charge in [0.25, 0.3) is 11.8 Å². The van der Waals surface area contributed by atoms with Gasteiger partial charge in [-0.05, 0) is 0 Å². The fourth-order valence-electron chi connectivity index (χ4n) is 2.39. The maximum atomic E-state index is 12.6. The van der Waals surface area contributed by atoms with E-state index in [4.69, 9.17) is 21.9 Å². The molecule has 0 spiro atoms. The number of hydrogen-bond acceptors (Lipinski definition) is 11. The number of anilines is 1. The molecule has 0 bridgehead atoms. The summed E-state index contributed by atoms with van der Waals surface area (Å²) in [5.74, 6) is -3.07. The second-order valence-corrected chi connectivity index (χ2v) is 8.02. The van der Waals surface area contributed by atoms with Gasteiger partial charge in [0, 0.05) is 5.38 Å². The van der Waals surface area contributed by atoms with E-state index in [1.807, 2.05) is 0 Å². The van der Waals surface area contributed by atoms with Gasteiger partial charge in [-0.3, -0.25) is 18.9 Å². The number of rotatable bonds is 9. The van der Waals surface area contributed by atoms with Gasteiger partial charge < -0.3 is 25.9 Å². The van der Waals surface area contributed by atoms with Crippen LogP contribution >= 0.6 is 22.9 Å². The molecule has 19 heteroatoms. The minimum absolute atomic E-state index is 0. The van der Waals surface area contributed by atoms with Gasteiger partial charge in [0.2, 0.25) is 5.91 Å². The fourth-order valence-corrected chi connectivity index (χ4v) is 4.03. The zero-order valence-electron chi connectivity index (χ0n) is 15.5. The zero-order chi connectivity index (χ0) is 23.3. The van der Waals surface area contributed by atoms with E-state index in [0.717, 1.165) is 18.4 Å². The van der Waals surface area contributed by atoms with Crippen molar-refractivity contribution in [1.29, 1.82) is 0 Å². The summed E-state index contributed by atoms with van der Waals surface area (Å²) < 4.78 is 36.4. The SMILES string of the molecule is CO/N=C(\C(=O)NC1C(=O)N(S(=O)(=O)O)C1COC(N)=O)c1csc(NC(=O)CCl)n1.[NaH]. The summed E-state index contributed by atoms with van der Waals surface area (Å²) in [7, 11) is -3.86. The van der Waals surface area contributed by atoms with Crippen LogP contribution in [0.2, 0.25) is 0 Å². The van der Waals surface area contributed by atoms with Crippen molar-refractivity contribution in [3.8, 4) is 0 Å². The van der Waals surface area contributed by atoms with E-state index in [1.165, 1.54) is 5.38 Å². The molecule has 1 fully saturated rings. The molecule has 1 aromatic heterocycles. The van der Waals surface area contributed by atoms with Gasteiger partial charge in [0.15, 0.2) is 10.8 Å². The number of alkyl halides is 1. The number of oxime groups is 1. The Hall–Kier alpha value is -2.02. The number of primary amides is 1. The molecule has 2 heterocycles. The van der Waals surface area contributed by atoms with E-state index in [1.54, 1.807) is 0 Å². The predicted molar refractivity (Wildman–Crippen MR) is 112 cm³/mol. The Morgan fingerprint density at radius 2 is 2.09 bits per heavy atom. The average molecular weight is 523 g/mol. The Kier molecular flexibility index (Phi) is 10.3. The molecule has 2 atom stereocenters. The van der Waals surface area contributed by atoms with Gasteiger partial charge in [-0.1, -0.05) is 5.16 Å². The number of ether oxygens (including phenoxy) is 1. The number of nitrogens with zero attached hydrogens (tertiary/aromatic N) is 3. The Bertz CT molecular complexity index is 1030. The predicted octanol–water partition coefficient (Wildman–Crippen LogP) is -2.38. The number of nitrogens with one attached hydrogen (secondary N) is 2. The van der Waals surface area contributed by atoms with Crippen molar-refractivity contribution in [3.63, 3.8) is 0 Å². The molecule has 15 nitrogen and oxygen atoms in total. The number of aromatic nitrogens is 1. The van der Waals surface area contributed by atoms with Crippen molar-refractivity contribution in [2.45, 2.75) is 12.1 Å². The van der Waals surface area contributed by atoms with Gasteiger partial charge in [-0.2, -0.15) is 8.42 Å². The van der Waals surface area contributed by atoms with Gasteiger partial charge in [-0.15, -0.1) is 22.9 Å². The standard InChI is InChI=1S/C13H15ClN6O9S2.Na.H/c1-28-19-8(5-4-30-13(16-5)17-7(21)2-14)10(22)18-9-6(3-29-12(15)24)20(11(9)23)31(25,26)27;;/h4,6,9H,2-3H2,1H3,(H2,15,24)(H,18,22)(H,16,17,21)(H,25,26,27);;/b19-8-;;. The molecular weight excluding hydrogens is 507 g/mol. The summed E-state index contributed by atoms with van der Waals surface area (Å²) in [6.07, 6.45) is -1.27. The van der Waals surface area contributed by atoms with Crippen molar-refractivity contribution in [1.82, 2.24) is 14.6 Å². The molecule has 5 N–H and O–H groups in total. The number of carbonyl (C=O) groups is 4. The third-order valence-corrected chi connectivity index (χ3v) is 5.56. The number of thiazole rings is 1. The quantitative estimate of drug-likeness (QED) is 0.0673. The first-order chi connectivity index (χ1) is 14.5. The number of β-lactam (4-membered cyclic amide) rings is 1. The summed E-state index contributed by atoms with van der Waals surface area (Å²) >= 11 is 6.33. The molecule has 1 saturated heterocycles. The van der Waals surface area contributed by atoms with E-state index < -0.39 is 58.5 Å². The van der Waals surface area contributed by atoms with Crippen LogP contribution < -0.4 is 16.4 Å². The van der Waals surface area contributed by atoms with Crippen LogP contribution in [-0.2, 0) is 34.3 Å². The normalized spacial score (nSPS) is 18.2. The Balaban J connectivity index is 0.00000512. The number of halogens is 1. The van der Waals surface area contributed by atoms with Gasteiger partial charge in [0.05, 0.1) is 0 Å². The number of amides is 4. The number of carbonyl (C=O) groups excluding carboxylic acids is 4. The van der Waals surface area contributed by atoms with E-state index >= 15 is 0 Å². The van der Waals surface area contributed by atoms with Crippen molar-refractivity contribution >= 4 is 97.5 Å². The van der Waals surface area contributed by atoms with Crippen LogP contribution in [0, 0.1) is 0 Å². The Morgan fingerprint density at radius 1 is 1.44 bits per heavy atom. The molecule has 4 amide bonds. The average Bonchev–Trinajstić information content (AvgIpc) is 3.13. The number of hydrogen-bond donors (Lipinski definition) is 4. The molecule has 0 radical (unpaired) electrons. The van der Waals surface area contributed by atoms with Crippen molar-refractivity contribution < 1.29 is 41.7 Å². The summed E-state index contributed by atoms with van der Waals surface area (Å²) in [5, 5.41) is 9.53. The van der Waals surface area contributed by atoms with Crippen molar-refractivity contribution in [2.24, 2.45) is 10.9 Å². The Morgan fingerprint density at radius 3 is 2.62 bits per heavy atom. The molecule has 1 aromatic rings. The molecule has 172 valence electrons. The van der Waals surface area contributed by atoms with Crippen molar-refractivity contribution in [3.05, 3.63) is 11.1 Å². The summed E-state index contributed by atoms with van der Waals surface area (Å²) in [4.78, 5) is 55.5.